The van der Waals surface area contributed by atoms with Crippen molar-refractivity contribution >= 4 is 22.9 Å². The molecule has 0 saturated carbocycles. The molecule has 1 heterocycles. The molecule has 4 N–H and O–H groups in total. The molecular formula is C27H27N3O3. The molecular weight excluding hydrogens is 414 g/mol. The largest absolute Gasteiger partial charge is 0.433 e. The van der Waals surface area contributed by atoms with Crippen LogP contribution in [0, 0.1) is 0 Å². The number of H-pyrrole nitrogens is 1. The Labute approximate surface area is 192 Å². The Balaban J connectivity index is 1.63. The summed E-state index contributed by atoms with van der Waals surface area (Å²) in [5.74, 6) is -0.406. The van der Waals surface area contributed by atoms with Crippen molar-refractivity contribution in [2.75, 3.05) is 0 Å². The predicted octanol–water partition coefficient (Wildman–Crippen LogP) is 4.66. The summed E-state index contributed by atoms with van der Waals surface area (Å²) >= 11 is 0. The first kappa shape index (κ1) is 22.1. The summed E-state index contributed by atoms with van der Waals surface area (Å²) in [5, 5.41) is 4.07. The first-order valence-corrected chi connectivity index (χ1v) is 10.9. The molecule has 6 nitrogen and oxygen atoms in total. The summed E-state index contributed by atoms with van der Waals surface area (Å²) < 4.78 is 5.42. The zero-order chi connectivity index (χ0) is 23.3. The highest BCUT2D eigenvalue weighted by Crippen LogP contribution is 2.27. The second-order valence-electron chi connectivity index (χ2n) is 8.31. The molecule has 0 aliphatic heterocycles. The number of para-hydroxylation sites is 1. The van der Waals surface area contributed by atoms with Crippen molar-refractivity contribution in [2.24, 2.45) is 5.73 Å². The number of benzene rings is 3. The Morgan fingerprint density at radius 3 is 2.30 bits per heavy atom. The smallest absolute Gasteiger partial charge is 0.405 e. The number of hydrogen-bond acceptors (Lipinski definition) is 3. The Kier molecular flexibility index (Phi) is 6.45. The summed E-state index contributed by atoms with van der Waals surface area (Å²) in [6.07, 6.45) is 1.61. The van der Waals surface area contributed by atoms with E-state index in [0.717, 1.165) is 27.6 Å². The SMILES string of the molecule is CC(Cc1c[nH]c2ccccc12)(OC(N)=O)C(=O)NC(Cc1ccccc1)c1ccccc1. The number of fused-ring (bicyclic) bond motifs is 1. The number of ether oxygens (including phenoxy) is 1. The highest BCUT2D eigenvalue weighted by atomic mass is 16.6. The molecule has 4 rings (SSSR count). The highest BCUT2D eigenvalue weighted by molar-refractivity contribution is 5.89. The maximum atomic E-state index is 13.6. The van der Waals surface area contributed by atoms with Crippen LogP contribution in [0.3, 0.4) is 0 Å². The lowest BCUT2D eigenvalue weighted by Gasteiger charge is -2.30. The maximum absolute atomic E-state index is 13.6. The number of aromatic nitrogens is 1. The lowest BCUT2D eigenvalue weighted by atomic mass is 9.93. The summed E-state index contributed by atoms with van der Waals surface area (Å²) in [5.41, 5.74) is 7.74. The third kappa shape index (κ3) is 5.23. The predicted molar refractivity (Wildman–Crippen MR) is 129 cm³/mol. The zero-order valence-corrected chi connectivity index (χ0v) is 18.5. The molecule has 6 heteroatoms. The average molecular weight is 442 g/mol. The highest BCUT2D eigenvalue weighted by Gasteiger charge is 2.39. The quantitative estimate of drug-likeness (QED) is 0.371. The van der Waals surface area contributed by atoms with Crippen LogP contribution in [0.25, 0.3) is 10.9 Å². The van der Waals surface area contributed by atoms with E-state index < -0.39 is 17.6 Å². The minimum atomic E-state index is -1.49. The third-order valence-corrected chi connectivity index (χ3v) is 5.80. The molecule has 2 amide bonds. The van der Waals surface area contributed by atoms with Crippen molar-refractivity contribution in [1.82, 2.24) is 10.3 Å². The van der Waals surface area contributed by atoms with Crippen molar-refractivity contribution in [3.63, 3.8) is 0 Å². The number of carbonyl (C=O) groups excluding carboxylic acids is 2. The molecule has 1 aromatic heterocycles. The van der Waals surface area contributed by atoms with Gasteiger partial charge in [-0.1, -0.05) is 78.9 Å². The second-order valence-corrected chi connectivity index (χ2v) is 8.31. The van der Waals surface area contributed by atoms with Gasteiger partial charge in [0.1, 0.15) is 0 Å². The van der Waals surface area contributed by atoms with Gasteiger partial charge in [0, 0.05) is 23.5 Å². The molecule has 33 heavy (non-hydrogen) atoms. The van der Waals surface area contributed by atoms with Gasteiger partial charge in [-0.3, -0.25) is 4.79 Å². The number of primary amides is 1. The second kappa shape index (κ2) is 9.61. The number of carbonyl (C=O) groups is 2. The van der Waals surface area contributed by atoms with Crippen molar-refractivity contribution in [3.8, 4) is 0 Å². The Morgan fingerprint density at radius 2 is 1.61 bits per heavy atom. The van der Waals surface area contributed by atoms with E-state index in [4.69, 9.17) is 10.5 Å². The summed E-state index contributed by atoms with van der Waals surface area (Å²) in [4.78, 5) is 28.6. The van der Waals surface area contributed by atoms with E-state index in [1.54, 1.807) is 6.92 Å². The van der Waals surface area contributed by atoms with Gasteiger partial charge in [-0.25, -0.2) is 4.79 Å². The monoisotopic (exact) mass is 441 g/mol. The molecule has 168 valence electrons. The van der Waals surface area contributed by atoms with Crippen molar-refractivity contribution in [2.45, 2.75) is 31.4 Å². The van der Waals surface area contributed by atoms with Gasteiger partial charge in [0.25, 0.3) is 5.91 Å². The number of amides is 2. The molecule has 4 aromatic rings. The fraction of sp³-hybridized carbons (Fsp3) is 0.185. The standard InChI is InChI=1S/C27H27N3O3/c1-27(33-26(28)32,17-21-18-29-23-15-9-8-14-22(21)23)25(31)30-24(20-12-6-3-7-13-20)16-19-10-4-2-5-11-19/h2-15,18,24,29H,16-17H2,1H3,(H2,28,32)(H,30,31). The molecule has 0 aliphatic rings. The molecule has 0 saturated heterocycles. The lowest BCUT2D eigenvalue weighted by Crippen LogP contribution is -2.51. The van der Waals surface area contributed by atoms with Gasteiger partial charge in [-0.05, 0) is 36.1 Å². The number of nitrogens with one attached hydrogen (secondary N) is 2. The number of aromatic amines is 1. The Morgan fingerprint density at radius 1 is 0.970 bits per heavy atom. The van der Waals surface area contributed by atoms with Crippen LogP contribution in [0.2, 0.25) is 0 Å². The maximum Gasteiger partial charge on any atom is 0.405 e. The van der Waals surface area contributed by atoms with Crippen LogP contribution in [0.5, 0.6) is 0 Å². The summed E-state index contributed by atoms with van der Waals surface area (Å²) in [7, 11) is 0. The van der Waals surface area contributed by atoms with Gasteiger partial charge in [0.05, 0.1) is 6.04 Å². The first-order chi connectivity index (χ1) is 15.9. The van der Waals surface area contributed by atoms with Gasteiger partial charge in [-0.15, -0.1) is 0 Å². The molecule has 0 aliphatic carbocycles. The minimum absolute atomic E-state index is 0.179. The summed E-state index contributed by atoms with van der Waals surface area (Å²) in [6, 6.07) is 27.2. The van der Waals surface area contributed by atoms with Crippen LogP contribution in [0.15, 0.2) is 91.1 Å². The zero-order valence-electron chi connectivity index (χ0n) is 18.5. The fourth-order valence-electron chi connectivity index (χ4n) is 4.12. The topological polar surface area (TPSA) is 97.2 Å². The van der Waals surface area contributed by atoms with E-state index >= 15 is 0 Å². The van der Waals surface area contributed by atoms with E-state index in [-0.39, 0.29) is 12.5 Å². The molecule has 2 atom stereocenters. The minimum Gasteiger partial charge on any atom is -0.433 e. The van der Waals surface area contributed by atoms with Gasteiger partial charge in [-0.2, -0.15) is 0 Å². The molecule has 0 bridgehead atoms. The summed E-state index contributed by atoms with van der Waals surface area (Å²) in [6.45, 7) is 1.60. The molecule has 0 radical (unpaired) electrons. The van der Waals surface area contributed by atoms with Crippen LogP contribution in [-0.2, 0) is 22.4 Å². The van der Waals surface area contributed by atoms with E-state index in [0.29, 0.717) is 6.42 Å². The number of nitrogens with two attached hydrogens (primary N) is 1. The van der Waals surface area contributed by atoms with E-state index in [1.165, 1.54) is 0 Å². The van der Waals surface area contributed by atoms with Crippen LogP contribution >= 0.6 is 0 Å². The number of rotatable bonds is 8. The van der Waals surface area contributed by atoms with Gasteiger partial charge >= 0.3 is 6.09 Å². The molecule has 3 aromatic carbocycles. The fourth-order valence-corrected chi connectivity index (χ4v) is 4.12. The Bertz CT molecular complexity index is 1240. The van der Waals surface area contributed by atoms with Crippen LogP contribution in [0.1, 0.15) is 29.7 Å². The third-order valence-electron chi connectivity index (χ3n) is 5.80. The van der Waals surface area contributed by atoms with E-state index in [9.17, 15) is 9.59 Å². The van der Waals surface area contributed by atoms with Crippen LogP contribution < -0.4 is 11.1 Å². The van der Waals surface area contributed by atoms with E-state index in [1.807, 2.05) is 91.1 Å². The van der Waals surface area contributed by atoms with Crippen LogP contribution in [0.4, 0.5) is 4.79 Å². The normalized spacial score (nSPS) is 13.7. The molecule has 0 spiro atoms. The van der Waals surface area contributed by atoms with Crippen molar-refractivity contribution in [3.05, 3.63) is 108 Å². The van der Waals surface area contributed by atoms with Gasteiger partial charge in [0.15, 0.2) is 5.60 Å². The first-order valence-electron chi connectivity index (χ1n) is 10.9. The van der Waals surface area contributed by atoms with E-state index in [2.05, 4.69) is 10.3 Å². The number of hydrogen-bond donors (Lipinski definition) is 3. The van der Waals surface area contributed by atoms with Crippen molar-refractivity contribution in [1.29, 1.82) is 0 Å². The van der Waals surface area contributed by atoms with Gasteiger partial charge in [0.2, 0.25) is 0 Å². The van der Waals surface area contributed by atoms with Crippen LogP contribution in [-0.4, -0.2) is 22.6 Å². The molecule has 2 unspecified atom stereocenters. The Hall–Kier alpha value is -4.06. The van der Waals surface area contributed by atoms with Crippen molar-refractivity contribution < 1.29 is 14.3 Å². The average Bonchev–Trinajstić information content (AvgIpc) is 3.22. The molecule has 0 fully saturated rings. The lowest BCUT2D eigenvalue weighted by molar-refractivity contribution is -0.139. The van der Waals surface area contributed by atoms with Gasteiger partial charge < -0.3 is 20.8 Å².